The lowest BCUT2D eigenvalue weighted by Gasteiger charge is -2.46. The summed E-state index contributed by atoms with van der Waals surface area (Å²) in [6, 6.07) is 4.53. The predicted molar refractivity (Wildman–Crippen MR) is 86.6 cm³/mol. The van der Waals surface area contributed by atoms with E-state index in [1.165, 1.54) is 11.1 Å². The first-order chi connectivity index (χ1) is 10.7. The van der Waals surface area contributed by atoms with E-state index in [2.05, 4.69) is 24.0 Å². The summed E-state index contributed by atoms with van der Waals surface area (Å²) in [7, 11) is 3.36. The third-order valence-electron chi connectivity index (χ3n) is 5.25. The molecule has 122 valence electrons. The number of nitrogens with zero attached hydrogens (tertiary/aromatic N) is 1. The van der Waals surface area contributed by atoms with E-state index in [0.29, 0.717) is 12.0 Å². The van der Waals surface area contributed by atoms with Gasteiger partial charge < -0.3 is 14.6 Å². The van der Waals surface area contributed by atoms with Gasteiger partial charge in [-0.15, -0.1) is 0 Å². The highest BCUT2D eigenvalue weighted by molar-refractivity contribution is 5.49. The van der Waals surface area contributed by atoms with Gasteiger partial charge in [0.1, 0.15) is 0 Å². The second kappa shape index (κ2) is 6.47. The molecule has 0 bridgehead atoms. The fourth-order valence-corrected chi connectivity index (χ4v) is 4.07. The molecule has 4 heteroatoms. The van der Waals surface area contributed by atoms with Gasteiger partial charge in [0.2, 0.25) is 0 Å². The van der Waals surface area contributed by atoms with Gasteiger partial charge in [0.25, 0.3) is 0 Å². The van der Waals surface area contributed by atoms with Crippen molar-refractivity contribution < 1.29 is 14.6 Å². The second-order valence-electron chi connectivity index (χ2n) is 6.52. The van der Waals surface area contributed by atoms with Crippen molar-refractivity contribution in [2.24, 2.45) is 5.92 Å². The summed E-state index contributed by atoms with van der Waals surface area (Å²) in [4.78, 5) is 2.54. The number of fused-ring (bicyclic) bond motifs is 3. The zero-order valence-electron chi connectivity index (χ0n) is 13.8. The third kappa shape index (κ3) is 2.70. The summed E-state index contributed by atoms with van der Waals surface area (Å²) >= 11 is 0. The van der Waals surface area contributed by atoms with Crippen LogP contribution in [0.4, 0.5) is 0 Å². The summed E-state index contributed by atoms with van der Waals surface area (Å²) in [5.41, 5.74) is 2.64. The van der Waals surface area contributed by atoms with Crippen molar-refractivity contribution >= 4 is 0 Å². The maximum absolute atomic E-state index is 10.5. The Morgan fingerprint density at radius 1 is 1.23 bits per heavy atom. The Morgan fingerprint density at radius 2 is 1.95 bits per heavy atom. The lowest BCUT2D eigenvalue weighted by molar-refractivity contribution is -0.0152. The average molecular weight is 305 g/mol. The zero-order valence-corrected chi connectivity index (χ0v) is 13.8. The van der Waals surface area contributed by atoms with E-state index in [4.69, 9.17) is 9.47 Å². The molecule has 0 saturated carbocycles. The average Bonchev–Trinajstić information content (AvgIpc) is 2.54. The number of aliphatic hydroxyl groups excluding tert-OH is 1. The van der Waals surface area contributed by atoms with Crippen LogP contribution < -0.4 is 9.47 Å². The molecule has 2 aliphatic rings. The summed E-state index contributed by atoms with van der Waals surface area (Å²) in [6.45, 7) is 4.27. The van der Waals surface area contributed by atoms with Crippen LogP contribution in [0, 0.1) is 5.92 Å². The Labute approximate surface area is 133 Å². The van der Waals surface area contributed by atoms with Gasteiger partial charge >= 0.3 is 0 Å². The number of benzene rings is 1. The first-order valence-corrected chi connectivity index (χ1v) is 8.34. The molecule has 3 rings (SSSR count). The van der Waals surface area contributed by atoms with Gasteiger partial charge in [-0.2, -0.15) is 0 Å². The van der Waals surface area contributed by atoms with Crippen LogP contribution >= 0.6 is 0 Å². The van der Waals surface area contributed by atoms with Crippen molar-refractivity contribution in [2.45, 2.75) is 44.8 Å². The summed E-state index contributed by atoms with van der Waals surface area (Å²) < 4.78 is 10.9. The lowest BCUT2D eigenvalue weighted by Crippen LogP contribution is -2.47. The van der Waals surface area contributed by atoms with Crippen LogP contribution in [-0.2, 0) is 6.42 Å². The van der Waals surface area contributed by atoms with Gasteiger partial charge in [0, 0.05) is 19.1 Å². The topological polar surface area (TPSA) is 41.9 Å². The lowest BCUT2D eigenvalue weighted by atomic mass is 9.80. The number of aliphatic hydroxyl groups is 1. The second-order valence-corrected chi connectivity index (χ2v) is 6.52. The first kappa shape index (κ1) is 15.6. The molecule has 1 aromatic rings. The quantitative estimate of drug-likeness (QED) is 0.929. The summed E-state index contributed by atoms with van der Waals surface area (Å²) in [6.07, 6.45) is 3.93. The third-order valence-corrected chi connectivity index (χ3v) is 5.25. The highest BCUT2D eigenvalue weighted by Crippen LogP contribution is 2.43. The standard InChI is InChI=1S/C18H27NO3/c1-4-5-13-11-19-7-6-12-8-17(21-2)18(22-3)9-14(12)15(19)10-16(13)20/h8-9,13,15-16,20H,4-7,10-11H2,1-3H3/t13-,15-,16-/m1/s1. The molecule has 4 nitrogen and oxygen atoms in total. The predicted octanol–water partition coefficient (Wildman–Crippen LogP) is 2.78. The maximum Gasteiger partial charge on any atom is 0.161 e. The number of piperidine rings is 1. The molecule has 0 amide bonds. The van der Waals surface area contributed by atoms with Gasteiger partial charge in [0.05, 0.1) is 20.3 Å². The SMILES string of the molecule is CCC[C@@H]1CN2CCc3cc(OC)c(OC)cc3[C@H]2C[C@H]1O. The monoisotopic (exact) mass is 305 g/mol. The molecule has 22 heavy (non-hydrogen) atoms. The Bertz CT molecular complexity index is 531. The number of hydrogen-bond acceptors (Lipinski definition) is 4. The minimum Gasteiger partial charge on any atom is -0.493 e. The molecule has 2 aliphatic heterocycles. The molecule has 0 spiro atoms. The van der Waals surface area contributed by atoms with Crippen molar-refractivity contribution in [1.29, 1.82) is 0 Å². The van der Waals surface area contributed by atoms with Gasteiger partial charge in [-0.1, -0.05) is 13.3 Å². The molecule has 1 saturated heterocycles. The molecule has 1 fully saturated rings. The van der Waals surface area contributed by atoms with Crippen molar-refractivity contribution in [1.82, 2.24) is 4.90 Å². The van der Waals surface area contributed by atoms with Crippen LogP contribution in [0.3, 0.4) is 0 Å². The number of methoxy groups -OCH3 is 2. The minimum atomic E-state index is -0.194. The van der Waals surface area contributed by atoms with Crippen molar-refractivity contribution in [3.8, 4) is 11.5 Å². The molecule has 0 aromatic heterocycles. The number of hydrogen-bond donors (Lipinski definition) is 1. The van der Waals surface area contributed by atoms with Crippen LogP contribution in [0.5, 0.6) is 11.5 Å². The molecule has 0 radical (unpaired) electrons. The Balaban J connectivity index is 1.90. The molecule has 3 atom stereocenters. The van der Waals surface area contributed by atoms with Gasteiger partial charge in [0.15, 0.2) is 11.5 Å². The van der Waals surface area contributed by atoms with E-state index in [9.17, 15) is 5.11 Å². The van der Waals surface area contributed by atoms with E-state index < -0.39 is 0 Å². The van der Waals surface area contributed by atoms with Crippen LogP contribution in [-0.4, -0.2) is 43.4 Å². The van der Waals surface area contributed by atoms with E-state index >= 15 is 0 Å². The smallest absolute Gasteiger partial charge is 0.161 e. The number of ether oxygens (including phenoxy) is 2. The molecule has 1 N–H and O–H groups in total. The van der Waals surface area contributed by atoms with E-state index in [0.717, 1.165) is 50.3 Å². The maximum atomic E-state index is 10.5. The van der Waals surface area contributed by atoms with Gasteiger partial charge in [-0.25, -0.2) is 0 Å². The first-order valence-electron chi connectivity index (χ1n) is 8.34. The van der Waals surface area contributed by atoms with Crippen molar-refractivity contribution in [2.75, 3.05) is 27.3 Å². The molecule has 2 heterocycles. The van der Waals surface area contributed by atoms with Gasteiger partial charge in [-0.05, 0) is 48.4 Å². The number of rotatable bonds is 4. The molecule has 0 unspecified atom stereocenters. The van der Waals surface area contributed by atoms with Crippen LogP contribution in [0.25, 0.3) is 0 Å². The van der Waals surface area contributed by atoms with E-state index in [1.54, 1.807) is 14.2 Å². The molecular weight excluding hydrogens is 278 g/mol. The van der Waals surface area contributed by atoms with E-state index in [1.807, 2.05) is 0 Å². The highest BCUT2D eigenvalue weighted by Gasteiger charge is 2.38. The van der Waals surface area contributed by atoms with E-state index in [-0.39, 0.29) is 6.10 Å². The van der Waals surface area contributed by atoms with Gasteiger partial charge in [-0.3, -0.25) is 4.90 Å². The Hall–Kier alpha value is -1.26. The van der Waals surface area contributed by atoms with Crippen molar-refractivity contribution in [3.05, 3.63) is 23.3 Å². The molecular formula is C18H27NO3. The largest absolute Gasteiger partial charge is 0.493 e. The fraction of sp³-hybridized carbons (Fsp3) is 0.667. The van der Waals surface area contributed by atoms with Crippen LogP contribution in [0.2, 0.25) is 0 Å². The summed E-state index contributed by atoms with van der Waals surface area (Å²) in [5.74, 6) is 2.01. The fourth-order valence-electron chi connectivity index (χ4n) is 4.07. The molecule has 0 aliphatic carbocycles. The normalized spacial score (nSPS) is 27.9. The van der Waals surface area contributed by atoms with Crippen LogP contribution in [0.1, 0.15) is 43.4 Å². The summed E-state index contributed by atoms with van der Waals surface area (Å²) in [5, 5.41) is 10.5. The van der Waals surface area contributed by atoms with Crippen LogP contribution in [0.15, 0.2) is 12.1 Å². The zero-order chi connectivity index (χ0) is 15.7. The Kier molecular flexibility index (Phi) is 4.59. The Morgan fingerprint density at radius 3 is 2.64 bits per heavy atom. The minimum absolute atomic E-state index is 0.194. The highest BCUT2D eigenvalue weighted by atomic mass is 16.5. The van der Waals surface area contributed by atoms with Crippen molar-refractivity contribution in [3.63, 3.8) is 0 Å². The molecule has 1 aromatic carbocycles.